The molecule has 0 bridgehead atoms. The Labute approximate surface area is 212 Å². The lowest BCUT2D eigenvalue weighted by Gasteiger charge is -2.15. The number of hydrogen-bond donors (Lipinski definition) is 2. The number of ether oxygens (including phenoxy) is 2. The summed E-state index contributed by atoms with van der Waals surface area (Å²) in [5.74, 6) is -1.02. The zero-order valence-electron chi connectivity index (χ0n) is 18.8. The van der Waals surface area contributed by atoms with E-state index in [4.69, 9.17) is 14.6 Å². The van der Waals surface area contributed by atoms with Gasteiger partial charge in [-0.25, -0.2) is 10.2 Å². The van der Waals surface area contributed by atoms with E-state index in [1.165, 1.54) is 24.4 Å². The molecule has 1 amide bonds. The van der Waals surface area contributed by atoms with E-state index in [1.54, 1.807) is 31.2 Å². The molecule has 36 heavy (non-hydrogen) atoms. The molecular formula is C25H20BrF3N2O5. The van der Waals surface area contributed by atoms with Crippen molar-refractivity contribution in [1.29, 1.82) is 0 Å². The topological polar surface area (TPSA) is 97.2 Å². The first-order chi connectivity index (χ1) is 17.1. The van der Waals surface area contributed by atoms with Crippen molar-refractivity contribution in [2.24, 2.45) is 5.10 Å². The third kappa shape index (κ3) is 7.08. The Balaban J connectivity index is 1.71. The van der Waals surface area contributed by atoms with Crippen LogP contribution in [0.15, 0.2) is 70.2 Å². The van der Waals surface area contributed by atoms with E-state index >= 15 is 0 Å². The van der Waals surface area contributed by atoms with E-state index in [-0.39, 0.29) is 17.7 Å². The molecular weight excluding hydrogens is 545 g/mol. The average Bonchev–Trinajstić information content (AvgIpc) is 2.83. The van der Waals surface area contributed by atoms with Crippen molar-refractivity contribution in [1.82, 2.24) is 5.43 Å². The molecule has 0 unspecified atom stereocenters. The predicted molar refractivity (Wildman–Crippen MR) is 130 cm³/mol. The Morgan fingerprint density at radius 2 is 1.78 bits per heavy atom. The summed E-state index contributed by atoms with van der Waals surface area (Å²) < 4.78 is 50.6. The first-order valence-electron chi connectivity index (χ1n) is 10.5. The Morgan fingerprint density at radius 3 is 2.42 bits per heavy atom. The molecule has 0 aliphatic carbocycles. The van der Waals surface area contributed by atoms with E-state index in [0.29, 0.717) is 28.1 Å². The summed E-state index contributed by atoms with van der Waals surface area (Å²) in [6.45, 7) is 2.28. The van der Waals surface area contributed by atoms with Crippen LogP contribution in [0.25, 0.3) is 0 Å². The summed E-state index contributed by atoms with van der Waals surface area (Å²) in [5, 5.41) is 12.8. The molecule has 0 radical (unpaired) electrons. The predicted octanol–water partition coefficient (Wildman–Crippen LogP) is 5.91. The third-order valence-electron chi connectivity index (χ3n) is 4.75. The quantitative estimate of drug-likeness (QED) is 0.249. The molecule has 188 valence electrons. The van der Waals surface area contributed by atoms with Gasteiger partial charge in [0, 0.05) is 5.56 Å². The van der Waals surface area contributed by atoms with Gasteiger partial charge in [-0.1, -0.05) is 18.2 Å². The Kier molecular flexibility index (Phi) is 8.70. The van der Waals surface area contributed by atoms with Crippen LogP contribution in [-0.4, -0.2) is 29.8 Å². The van der Waals surface area contributed by atoms with Crippen LogP contribution in [0.3, 0.4) is 0 Å². The van der Waals surface area contributed by atoms with Crippen LogP contribution in [0, 0.1) is 0 Å². The number of carbonyl (C=O) groups excluding carboxylic acids is 1. The summed E-state index contributed by atoms with van der Waals surface area (Å²) in [5.41, 5.74) is 2.52. The molecule has 0 heterocycles. The van der Waals surface area contributed by atoms with Crippen LogP contribution in [0.2, 0.25) is 0 Å². The van der Waals surface area contributed by atoms with Gasteiger partial charge in [-0.15, -0.1) is 0 Å². The fraction of sp³-hybridized carbons (Fsp3) is 0.160. The van der Waals surface area contributed by atoms with Crippen LogP contribution >= 0.6 is 15.9 Å². The van der Waals surface area contributed by atoms with Crippen molar-refractivity contribution in [3.63, 3.8) is 0 Å². The lowest BCUT2D eigenvalue weighted by atomic mass is 10.1. The van der Waals surface area contributed by atoms with Crippen molar-refractivity contribution in [3.8, 4) is 11.5 Å². The minimum Gasteiger partial charge on any atom is -0.490 e. The number of carboxylic acids is 1. The molecule has 7 nitrogen and oxygen atoms in total. The van der Waals surface area contributed by atoms with Crippen LogP contribution in [0.1, 0.15) is 44.3 Å². The molecule has 0 aliphatic heterocycles. The van der Waals surface area contributed by atoms with Gasteiger partial charge in [0.2, 0.25) is 0 Å². The number of carboxylic acid groups (broad SMARTS) is 1. The molecule has 0 atom stereocenters. The largest absolute Gasteiger partial charge is 0.490 e. The van der Waals surface area contributed by atoms with Crippen LogP contribution in [0.5, 0.6) is 11.5 Å². The molecule has 0 spiro atoms. The van der Waals surface area contributed by atoms with Crippen molar-refractivity contribution in [3.05, 3.63) is 93.0 Å². The normalized spacial score (nSPS) is 11.4. The summed E-state index contributed by atoms with van der Waals surface area (Å²) in [6, 6.07) is 13.6. The summed E-state index contributed by atoms with van der Waals surface area (Å²) in [6.07, 6.45) is -3.25. The lowest BCUT2D eigenvalue weighted by Crippen LogP contribution is -2.18. The number of hydrazone groups is 1. The van der Waals surface area contributed by atoms with E-state index in [2.05, 4.69) is 26.5 Å². The number of rotatable bonds is 9. The molecule has 0 aliphatic rings. The fourth-order valence-electron chi connectivity index (χ4n) is 3.03. The SMILES string of the molecule is CCOc1cc(/C=N\NC(=O)c2cccc(C(F)(F)F)c2)cc(Br)c1OCc1ccc(C(=O)O)cc1. The van der Waals surface area contributed by atoms with Gasteiger partial charge in [-0.3, -0.25) is 4.79 Å². The van der Waals surface area contributed by atoms with Gasteiger partial charge in [0.1, 0.15) is 6.61 Å². The standard InChI is InChI=1S/C25H20BrF3N2O5/c1-2-35-21-11-16(13-30-31-23(32)18-4-3-5-19(12-18)25(27,28)29)10-20(26)22(21)36-14-15-6-8-17(9-7-15)24(33)34/h3-13H,2,14H2,1H3,(H,31,32)(H,33,34)/b30-13-. The number of aromatic carboxylic acids is 1. The number of alkyl halides is 3. The maximum absolute atomic E-state index is 12.9. The Morgan fingerprint density at radius 1 is 1.06 bits per heavy atom. The summed E-state index contributed by atoms with van der Waals surface area (Å²) in [4.78, 5) is 23.2. The molecule has 3 aromatic rings. The highest BCUT2D eigenvalue weighted by atomic mass is 79.9. The number of nitrogens with zero attached hydrogens (tertiary/aromatic N) is 1. The molecule has 3 rings (SSSR count). The van der Waals surface area contributed by atoms with Crippen molar-refractivity contribution < 1.29 is 37.3 Å². The number of benzene rings is 3. The van der Waals surface area contributed by atoms with Crippen LogP contribution in [-0.2, 0) is 12.8 Å². The molecule has 0 aromatic heterocycles. The first-order valence-corrected chi connectivity index (χ1v) is 11.3. The minimum atomic E-state index is -4.56. The van der Waals surface area contributed by atoms with E-state index in [0.717, 1.165) is 23.8 Å². The maximum Gasteiger partial charge on any atom is 0.416 e. The van der Waals surface area contributed by atoms with Crippen LogP contribution < -0.4 is 14.9 Å². The number of nitrogens with one attached hydrogen (secondary N) is 1. The summed E-state index contributed by atoms with van der Waals surface area (Å²) >= 11 is 3.42. The fourth-order valence-corrected chi connectivity index (χ4v) is 3.61. The monoisotopic (exact) mass is 564 g/mol. The zero-order valence-corrected chi connectivity index (χ0v) is 20.4. The second kappa shape index (κ2) is 11.7. The van der Waals surface area contributed by atoms with Crippen LogP contribution in [0.4, 0.5) is 13.2 Å². The zero-order chi connectivity index (χ0) is 26.3. The van der Waals surface area contributed by atoms with E-state index in [1.807, 2.05) is 0 Å². The van der Waals surface area contributed by atoms with Crippen molar-refractivity contribution >= 4 is 34.0 Å². The van der Waals surface area contributed by atoms with E-state index < -0.39 is 23.6 Å². The lowest BCUT2D eigenvalue weighted by molar-refractivity contribution is -0.137. The highest BCUT2D eigenvalue weighted by Gasteiger charge is 2.30. The minimum absolute atomic E-state index is 0.152. The number of amides is 1. The average molecular weight is 565 g/mol. The molecule has 0 saturated heterocycles. The third-order valence-corrected chi connectivity index (χ3v) is 5.34. The maximum atomic E-state index is 12.9. The number of hydrogen-bond acceptors (Lipinski definition) is 5. The molecule has 0 fully saturated rings. The molecule has 0 saturated carbocycles. The van der Waals surface area contributed by atoms with Crippen molar-refractivity contribution in [2.75, 3.05) is 6.61 Å². The molecule has 3 aromatic carbocycles. The number of carbonyl (C=O) groups is 2. The highest BCUT2D eigenvalue weighted by Crippen LogP contribution is 2.37. The second-order valence-corrected chi connectivity index (χ2v) is 8.19. The van der Waals surface area contributed by atoms with Gasteiger partial charge in [-0.2, -0.15) is 18.3 Å². The van der Waals surface area contributed by atoms with Gasteiger partial charge in [0.15, 0.2) is 11.5 Å². The van der Waals surface area contributed by atoms with Gasteiger partial charge >= 0.3 is 12.1 Å². The smallest absolute Gasteiger partial charge is 0.416 e. The number of halogens is 4. The van der Waals surface area contributed by atoms with Crippen molar-refractivity contribution in [2.45, 2.75) is 19.7 Å². The Bertz CT molecular complexity index is 1280. The van der Waals surface area contributed by atoms with Gasteiger partial charge in [-0.05, 0) is 76.4 Å². The first kappa shape index (κ1) is 26.7. The highest BCUT2D eigenvalue weighted by molar-refractivity contribution is 9.10. The van der Waals surface area contributed by atoms with Gasteiger partial charge in [0.25, 0.3) is 5.91 Å². The summed E-state index contributed by atoms with van der Waals surface area (Å²) in [7, 11) is 0. The Hall–Kier alpha value is -3.86. The second-order valence-electron chi connectivity index (χ2n) is 7.33. The van der Waals surface area contributed by atoms with E-state index in [9.17, 15) is 22.8 Å². The molecule has 2 N–H and O–H groups in total. The van der Waals surface area contributed by atoms with Gasteiger partial charge < -0.3 is 14.6 Å². The van der Waals surface area contributed by atoms with Gasteiger partial charge in [0.05, 0.1) is 28.4 Å². The molecule has 11 heteroatoms.